The Morgan fingerprint density at radius 1 is 1.27 bits per heavy atom. The third kappa shape index (κ3) is 3.80. The molecule has 1 aromatic carbocycles. The van der Waals surface area contributed by atoms with Gasteiger partial charge < -0.3 is 19.2 Å². The highest BCUT2D eigenvalue weighted by Crippen LogP contribution is 2.42. The highest BCUT2D eigenvalue weighted by atomic mass is 16.5. The van der Waals surface area contributed by atoms with Crippen LogP contribution < -0.4 is 9.64 Å². The van der Waals surface area contributed by atoms with Crippen molar-refractivity contribution < 1.29 is 19.1 Å². The number of nitrogens with zero attached hydrogens (tertiary/aromatic N) is 3. The molecule has 0 bridgehead atoms. The van der Waals surface area contributed by atoms with Gasteiger partial charge in [0, 0.05) is 41.6 Å². The molecule has 2 aliphatic rings. The molecule has 7 nitrogen and oxygen atoms in total. The van der Waals surface area contributed by atoms with E-state index in [-0.39, 0.29) is 28.8 Å². The average molecular weight is 444 g/mol. The Balaban J connectivity index is 1.60. The number of hydrogen-bond acceptors (Lipinski definition) is 7. The van der Waals surface area contributed by atoms with E-state index < -0.39 is 0 Å². The van der Waals surface area contributed by atoms with Crippen LogP contribution in [-0.4, -0.2) is 35.2 Å². The van der Waals surface area contributed by atoms with Crippen LogP contribution in [0.5, 0.6) is 11.5 Å². The predicted molar refractivity (Wildman–Crippen MR) is 127 cm³/mol. The minimum absolute atomic E-state index is 0.140. The minimum atomic E-state index is -0.249. The van der Waals surface area contributed by atoms with Crippen molar-refractivity contribution in [2.75, 3.05) is 18.1 Å². The largest absolute Gasteiger partial charge is 0.504 e. The summed E-state index contributed by atoms with van der Waals surface area (Å²) in [6.07, 6.45) is 5.75. The van der Waals surface area contributed by atoms with Crippen molar-refractivity contribution in [1.82, 2.24) is 4.98 Å². The lowest BCUT2D eigenvalue weighted by molar-refractivity contribution is 0.0925. The molecule has 2 aromatic heterocycles. The number of hydrogen-bond donors (Lipinski definition) is 1. The summed E-state index contributed by atoms with van der Waals surface area (Å²) in [6, 6.07) is 11.6. The summed E-state index contributed by atoms with van der Waals surface area (Å²) >= 11 is 0. The lowest BCUT2D eigenvalue weighted by Crippen LogP contribution is -2.27. The molecule has 168 valence electrons. The Morgan fingerprint density at radius 2 is 2.12 bits per heavy atom. The van der Waals surface area contributed by atoms with Gasteiger partial charge in [0.05, 0.1) is 6.54 Å². The van der Waals surface area contributed by atoms with Gasteiger partial charge in [-0.2, -0.15) is 0 Å². The van der Waals surface area contributed by atoms with Crippen molar-refractivity contribution in [1.29, 1.82) is 0 Å². The van der Waals surface area contributed by atoms with Gasteiger partial charge in [-0.05, 0) is 30.7 Å². The number of aromatic hydroxyl groups is 1. The first-order chi connectivity index (χ1) is 16.1. The van der Waals surface area contributed by atoms with E-state index in [0.717, 1.165) is 22.4 Å². The molecule has 5 rings (SSSR count). The van der Waals surface area contributed by atoms with E-state index in [2.05, 4.69) is 9.98 Å². The Kier molecular flexibility index (Phi) is 5.46. The lowest BCUT2D eigenvalue weighted by atomic mass is 9.97. The van der Waals surface area contributed by atoms with Crippen LogP contribution in [-0.2, 0) is 6.54 Å². The van der Waals surface area contributed by atoms with Crippen LogP contribution in [0.3, 0.4) is 0 Å². The summed E-state index contributed by atoms with van der Waals surface area (Å²) in [4.78, 5) is 23.8. The van der Waals surface area contributed by atoms with E-state index in [4.69, 9.17) is 9.15 Å². The summed E-state index contributed by atoms with van der Waals surface area (Å²) in [6.45, 7) is 5.29. The van der Waals surface area contributed by atoms with Crippen molar-refractivity contribution in [3.63, 3.8) is 0 Å². The van der Waals surface area contributed by atoms with Gasteiger partial charge >= 0.3 is 0 Å². The predicted octanol–water partition coefficient (Wildman–Crippen LogP) is 5.26. The Bertz CT molecular complexity index is 1270. The van der Waals surface area contributed by atoms with Crippen LogP contribution in [0.15, 0.2) is 52.0 Å². The Labute approximate surface area is 192 Å². The van der Waals surface area contributed by atoms with Crippen molar-refractivity contribution in [3.8, 4) is 11.5 Å². The van der Waals surface area contributed by atoms with Crippen molar-refractivity contribution in [2.24, 2.45) is 10.9 Å². The number of pyridine rings is 1. The van der Waals surface area contributed by atoms with Gasteiger partial charge in [-0.15, -0.1) is 0 Å². The zero-order chi connectivity index (χ0) is 22.9. The molecule has 3 aromatic rings. The van der Waals surface area contributed by atoms with E-state index in [9.17, 15) is 9.90 Å². The summed E-state index contributed by atoms with van der Waals surface area (Å²) in [5.74, 6) is 1.50. The van der Waals surface area contributed by atoms with Gasteiger partial charge in [-0.1, -0.05) is 32.0 Å². The number of para-hydroxylation sites is 1. The number of carbonyl (C=O) groups excluding carboxylic acids is 1. The van der Waals surface area contributed by atoms with Gasteiger partial charge in [-0.3, -0.25) is 4.79 Å². The maximum Gasteiger partial charge on any atom is 0.211 e. The lowest BCUT2D eigenvalue weighted by Gasteiger charge is -2.21. The molecule has 0 radical (unpaired) electrons. The number of ketones is 1. The third-order valence-corrected chi connectivity index (χ3v) is 6.15. The number of ether oxygens (including phenoxy) is 1. The van der Waals surface area contributed by atoms with E-state index in [1.54, 1.807) is 18.5 Å². The fourth-order valence-corrected chi connectivity index (χ4v) is 4.08. The van der Waals surface area contributed by atoms with E-state index >= 15 is 0 Å². The SMILES string of the molecule is CCC(C)C(=O)c1c(N2CCOc3ccccc3C2)oc(C=C2C=Nc3ncccc32)c1O. The normalized spacial score (nSPS) is 16.8. The number of furan rings is 1. The maximum atomic E-state index is 13.3. The number of rotatable bonds is 5. The molecular formula is C26H25N3O4. The summed E-state index contributed by atoms with van der Waals surface area (Å²) in [5.41, 5.74) is 2.83. The number of anilines is 1. The zero-order valence-corrected chi connectivity index (χ0v) is 18.6. The van der Waals surface area contributed by atoms with Crippen molar-refractivity contribution in [3.05, 3.63) is 65.0 Å². The Hall–Kier alpha value is -3.87. The molecule has 0 aliphatic carbocycles. The molecule has 0 spiro atoms. The molecular weight excluding hydrogens is 418 g/mol. The van der Waals surface area contributed by atoms with Crippen molar-refractivity contribution in [2.45, 2.75) is 26.8 Å². The van der Waals surface area contributed by atoms with E-state index in [1.165, 1.54) is 0 Å². The van der Waals surface area contributed by atoms with Gasteiger partial charge in [0.2, 0.25) is 5.88 Å². The molecule has 0 amide bonds. The molecule has 7 heteroatoms. The first-order valence-electron chi connectivity index (χ1n) is 11.1. The van der Waals surface area contributed by atoms with Gasteiger partial charge in [0.1, 0.15) is 17.9 Å². The molecule has 33 heavy (non-hydrogen) atoms. The van der Waals surface area contributed by atoms with Crippen LogP contribution in [0, 0.1) is 5.92 Å². The summed E-state index contributed by atoms with van der Waals surface area (Å²) in [7, 11) is 0. The zero-order valence-electron chi connectivity index (χ0n) is 18.6. The van der Waals surface area contributed by atoms with Gasteiger partial charge in [0.15, 0.2) is 23.1 Å². The first kappa shape index (κ1) is 21.0. The second-order valence-corrected chi connectivity index (χ2v) is 8.28. The molecule has 2 aliphatic heterocycles. The average Bonchev–Trinajstić information content (AvgIpc) is 3.30. The number of aromatic nitrogens is 1. The monoisotopic (exact) mass is 443 g/mol. The van der Waals surface area contributed by atoms with E-state index in [0.29, 0.717) is 37.8 Å². The first-order valence-corrected chi connectivity index (χ1v) is 11.1. The standard InChI is InChI=1S/C26H25N3O4/c1-3-16(2)23(30)22-24(31)21(13-18-14-28-25-19(18)8-6-10-27-25)33-26(22)29-11-12-32-20-9-5-4-7-17(20)15-29/h4-10,13-14,16,31H,3,11-12,15H2,1-2H3. The number of benzene rings is 1. The number of Topliss-reactive ketones (excluding diaryl/α,β-unsaturated/α-hetero) is 1. The quantitative estimate of drug-likeness (QED) is 0.541. The van der Waals surface area contributed by atoms with Crippen LogP contribution in [0.1, 0.15) is 47.5 Å². The maximum absolute atomic E-state index is 13.3. The fraction of sp³-hybridized carbons (Fsp3) is 0.269. The van der Waals surface area contributed by atoms with Crippen molar-refractivity contribution >= 4 is 35.3 Å². The second kappa shape index (κ2) is 8.58. The fourth-order valence-electron chi connectivity index (χ4n) is 4.08. The number of aliphatic imine (C=N–C) groups is 1. The highest BCUT2D eigenvalue weighted by Gasteiger charge is 2.32. The highest BCUT2D eigenvalue weighted by molar-refractivity contribution is 6.21. The van der Waals surface area contributed by atoms with Crippen LogP contribution in [0.25, 0.3) is 11.6 Å². The molecule has 4 heterocycles. The molecule has 0 saturated carbocycles. The molecule has 1 unspecified atom stereocenters. The minimum Gasteiger partial charge on any atom is -0.504 e. The van der Waals surface area contributed by atoms with Gasteiger partial charge in [-0.25, -0.2) is 9.98 Å². The second-order valence-electron chi connectivity index (χ2n) is 8.28. The van der Waals surface area contributed by atoms with E-state index in [1.807, 2.05) is 55.1 Å². The molecule has 0 saturated heterocycles. The molecule has 1 N–H and O–H groups in total. The van der Waals surface area contributed by atoms with Gasteiger partial charge in [0.25, 0.3) is 0 Å². The molecule has 1 atom stereocenters. The molecule has 0 fully saturated rings. The van der Waals surface area contributed by atoms with Crippen LogP contribution >= 0.6 is 0 Å². The number of fused-ring (bicyclic) bond motifs is 2. The van der Waals surface area contributed by atoms with Crippen LogP contribution in [0.2, 0.25) is 0 Å². The van der Waals surface area contributed by atoms with Crippen LogP contribution in [0.4, 0.5) is 11.7 Å². The topological polar surface area (TPSA) is 88.2 Å². The smallest absolute Gasteiger partial charge is 0.211 e. The summed E-state index contributed by atoms with van der Waals surface area (Å²) in [5, 5.41) is 11.2. The summed E-state index contributed by atoms with van der Waals surface area (Å²) < 4.78 is 12.1. The number of carbonyl (C=O) groups is 1. The number of allylic oxidation sites excluding steroid dienone is 1. The Morgan fingerprint density at radius 3 is 2.97 bits per heavy atom. The third-order valence-electron chi connectivity index (χ3n) is 6.15.